The largest absolute Gasteiger partial charge is 0.456 e. The number of hydrogen-bond donors (Lipinski definition) is 0. The van der Waals surface area contributed by atoms with E-state index >= 15 is 0 Å². The Morgan fingerprint density at radius 1 is 0.349 bits per heavy atom. The van der Waals surface area contributed by atoms with Crippen molar-refractivity contribution in [1.82, 2.24) is 9.97 Å². The molecule has 3 nitrogen and oxygen atoms in total. The van der Waals surface area contributed by atoms with Crippen molar-refractivity contribution in [2.45, 2.75) is 12.3 Å². The second kappa shape index (κ2) is 14.8. The number of para-hydroxylation sites is 1. The Morgan fingerprint density at radius 2 is 0.889 bits per heavy atom. The van der Waals surface area contributed by atoms with Gasteiger partial charge in [-0.2, -0.15) is 0 Å². The molecule has 3 heteroatoms. The van der Waals surface area contributed by atoms with E-state index in [1.54, 1.807) is 0 Å². The Balaban J connectivity index is 1.06. The van der Waals surface area contributed by atoms with Crippen LogP contribution in [0.1, 0.15) is 23.6 Å². The van der Waals surface area contributed by atoms with Crippen LogP contribution >= 0.6 is 0 Å². The van der Waals surface area contributed by atoms with Crippen LogP contribution in [0.25, 0.3) is 100 Å². The Morgan fingerprint density at radius 3 is 1.68 bits per heavy atom. The molecule has 0 spiro atoms. The molecule has 0 N–H and O–H groups in total. The molecule has 0 saturated carbocycles. The third-order valence-corrected chi connectivity index (χ3v) is 12.9. The Kier molecular flexibility index (Phi) is 8.62. The lowest BCUT2D eigenvalue weighted by Crippen LogP contribution is -2.23. The van der Waals surface area contributed by atoms with Gasteiger partial charge in [-0.15, -0.1) is 0 Å². The van der Waals surface area contributed by atoms with Gasteiger partial charge in [0.05, 0.1) is 11.4 Å². The number of fused-ring (bicyclic) bond motifs is 6. The van der Waals surface area contributed by atoms with E-state index in [0.29, 0.717) is 5.82 Å². The molecule has 1 atom stereocenters. The third kappa shape index (κ3) is 6.20. The van der Waals surface area contributed by atoms with Gasteiger partial charge >= 0.3 is 0 Å². The smallest absolute Gasteiger partial charge is 0.160 e. The van der Waals surface area contributed by atoms with Gasteiger partial charge in [0.15, 0.2) is 5.82 Å². The standard InChI is InChI=1S/C60H40N2O/c1-60(47-23-9-4-10-24-47)53-29-13-11-25-49(53)51-28-16-27-48(58(51)60)43-22-15-21-41(33-43)44-34-45(42-31-32-57-52(37-42)50-26-12-14-30-56(50)63-57)36-46(35-44)55-38-54(39-17-5-2-6-18-39)61-59(62-55)40-19-7-3-8-20-40/h2-38H,1H3. The molecule has 12 rings (SSSR count). The van der Waals surface area contributed by atoms with Gasteiger partial charge in [0.1, 0.15) is 11.2 Å². The molecule has 0 radical (unpaired) electrons. The molecule has 1 aliphatic carbocycles. The van der Waals surface area contributed by atoms with Gasteiger partial charge in [-0.1, -0.05) is 176 Å². The zero-order chi connectivity index (χ0) is 41.9. The maximum absolute atomic E-state index is 6.27. The summed E-state index contributed by atoms with van der Waals surface area (Å²) in [6.07, 6.45) is 0. The van der Waals surface area contributed by atoms with E-state index in [9.17, 15) is 0 Å². The molecule has 2 aromatic heterocycles. The van der Waals surface area contributed by atoms with Crippen LogP contribution in [0.2, 0.25) is 0 Å². The monoisotopic (exact) mass is 804 g/mol. The van der Waals surface area contributed by atoms with E-state index < -0.39 is 0 Å². The minimum Gasteiger partial charge on any atom is -0.456 e. The van der Waals surface area contributed by atoms with Gasteiger partial charge in [0.2, 0.25) is 0 Å². The second-order valence-electron chi connectivity index (χ2n) is 16.6. The first-order chi connectivity index (χ1) is 31.1. The van der Waals surface area contributed by atoms with Gasteiger partial charge in [0, 0.05) is 32.9 Å². The quantitative estimate of drug-likeness (QED) is 0.161. The van der Waals surface area contributed by atoms with Crippen LogP contribution in [0.3, 0.4) is 0 Å². The summed E-state index contributed by atoms with van der Waals surface area (Å²) in [5.41, 5.74) is 19.6. The summed E-state index contributed by atoms with van der Waals surface area (Å²) < 4.78 is 6.27. The molecule has 0 fully saturated rings. The van der Waals surface area contributed by atoms with Gasteiger partial charge in [-0.3, -0.25) is 0 Å². The fraction of sp³-hybridized carbons (Fsp3) is 0.0333. The first-order valence-electron chi connectivity index (χ1n) is 21.6. The average molecular weight is 805 g/mol. The summed E-state index contributed by atoms with van der Waals surface area (Å²) in [5, 5.41) is 2.20. The summed E-state index contributed by atoms with van der Waals surface area (Å²) >= 11 is 0. The fourth-order valence-electron chi connectivity index (χ4n) is 9.86. The number of rotatable bonds is 7. The Hall–Kier alpha value is -8.14. The van der Waals surface area contributed by atoms with Crippen molar-refractivity contribution >= 4 is 21.9 Å². The van der Waals surface area contributed by atoms with Crippen LogP contribution in [0.4, 0.5) is 0 Å². The first kappa shape index (κ1) is 36.7. The van der Waals surface area contributed by atoms with Crippen molar-refractivity contribution in [3.63, 3.8) is 0 Å². The lowest BCUT2D eigenvalue weighted by Gasteiger charge is -2.30. The van der Waals surface area contributed by atoms with E-state index in [0.717, 1.165) is 72.3 Å². The van der Waals surface area contributed by atoms with E-state index in [1.165, 1.54) is 38.9 Å². The van der Waals surface area contributed by atoms with Crippen LogP contribution in [0.15, 0.2) is 229 Å². The summed E-state index contributed by atoms with van der Waals surface area (Å²) in [7, 11) is 0. The number of hydrogen-bond acceptors (Lipinski definition) is 3. The summed E-state index contributed by atoms with van der Waals surface area (Å²) in [6, 6.07) is 80.2. The Labute approximate surface area is 366 Å². The summed E-state index contributed by atoms with van der Waals surface area (Å²) in [4.78, 5) is 10.4. The Bertz CT molecular complexity index is 3460. The molecule has 2 heterocycles. The van der Waals surface area contributed by atoms with Crippen LogP contribution in [0, 0.1) is 0 Å². The SMILES string of the molecule is CC1(c2ccccc2)c2ccccc2-c2cccc(-c3cccc(-c4cc(-c5ccc6oc7ccccc7c6c5)cc(-c5cc(-c6ccccc6)nc(-c6ccccc6)n5)c4)c3)c21. The minimum atomic E-state index is -0.331. The number of aromatic nitrogens is 2. The van der Waals surface area contributed by atoms with E-state index in [-0.39, 0.29) is 5.41 Å². The fourth-order valence-corrected chi connectivity index (χ4v) is 9.86. The van der Waals surface area contributed by atoms with E-state index in [4.69, 9.17) is 14.4 Å². The van der Waals surface area contributed by atoms with Gasteiger partial charge in [0.25, 0.3) is 0 Å². The first-order valence-corrected chi connectivity index (χ1v) is 21.6. The van der Waals surface area contributed by atoms with Crippen molar-refractivity contribution in [3.05, 3.63) is 241 Å². The summed E-state index contributed by atoms with van der Waals surface area (Å²) in [5.74, 6) is 0.688. The molecule has 9 aromatic carbocycles. The molecule has 1 aliphatic rings. The van der Waals surface area contributed by atoms with Gasteiger partial charge < -0.3 is 4.42 Å². The molecule has 11 aromatic rings. The highest BCUT2D eigenvalue weighted by Crippen LogP contribution is 2.55. The zero-order valence-corrected chi connectivity index (χ0v) is 34.7. The molecule has 63 heavy (non-hydrogen) atoms. The van der Waals surface area contributed by atoms with Crippen LogP contribution in [-0.2, 0) is 5.41 Å². The lowest BCUT2D eigenvalue weighted by molar-refractivity contribution is 0.669. The van der Waals surface area contributed by atoms with Crippen LogP contribution < -0.4 is 0 Å². The van der Waals surface area contributed by atoms with Crippen LogP contribution in [-0.4, -0.2) is 9.97 Å². The van der Waals surface area contributed by atoms with Crippen molar-refractivity contribution in [2.75, 3.05) is 0 Å². The molecule has 0 bridgehead atoms. The lowest BCUT2D eigenvalue weighted by atomic mass is 9.72. The predicted molar refractivity (Wildman–Crippen MR) is 259 cm³/mol. The second-order valence-corrected chi connectivity index (χ2v) is 16.6. The van der Waals surface area contributed by atoms with Gasteiger partial charge in [-0.05, 0) is 117 Å². The number of nitrogens with zero attached hydrogens (tertiary/aromatic N) is 2. The molecule has 0 saturated heterocycles. The van der Waals surface area contributed by atoms with Crippen molar-refractivity contribution < 1.29 is 4.42 Å². The molecule has 0 aliphatic heterocycles. The topological polar surface area (TPSA) is 38.9 Å². The average Bonchev–Trinajstić information content (AvgIpc) is 3.87. The molecular formula is C60H40N2O. The molecule has 1 unspecified atom stereocenters. The predicted octanol–water partition coefficient (Wildman–Crippen LogP) is 15.7. The highest BCUT2D eigenvalue weighted by atomic mass is 16.3. The van der Waals surface area contributed by atoms with Crippen molar-refractivity contribution in [3.8, 4) is 78.4 Å². The molecule has 0 amide bonds. The highest BCUT2D eigenvalue weighted by molar-refractivity contribution is 6.06. The number of furan rings is 1. The van der Waals surface area contributed by atoms with E-state index in [2.05, 4.69) is 195 Å². The normalized spacial score (nSPS) is 14.2. The molecular weight excluding hydrogens is 765 g/mol. The minimum absolute atomic E-state index is 0.331. The van der Waals surface area contributed by atoms with Gasteiger partial charge in [-0.25, -0.2) is 9.97 Å². The maximum Gasteiger partial charge on any atom is 0.160 e. The van der Waals surface area contributed by atoms with E-state index in [1.807, 2.05) is 36.4 Å². The maximum atomic E-state index is 6.27. The van der Waals surface area contributed by atoms with Crippen molar-refractivity contribution in [2.24, 2.45) is 0 Å². The molecule has 296 valence electrons. The number of benzene rings is 9. The van der Waals surface area contributed by atoms with Crippen molar-refractivity contribution in [1.29, 1.82) is 0 Å². The zero-order valence-electron chi connectivity index (χ0n) is 34.7. The summed E-state index contributed by atoms with van der Waals surface area (Å²) in [6.45, 7) is 2.39. The highest BCUT2D eigenvalue weighted by Gasteiger charge is 2.42. The third-order valence-electron chi connectivity index (χ3n) is 12.9. The van der Waals surface area contributed by atoms with Crippen LogP contribution in [0.5, 0.6) is 0 Å².